The van der Waals surface area contributed by atoms with Gasteiger partial charge in [0.25, 0.3) is 0 Å². The number of nitrogens with zero attached hydrogens (tertiary/aromatic N) is 5. The molecule has 5 aromatic rings. The molecule has 4 atom stereocenters. The highest BCUT2D eigenvalue weighted by Gasteiger charge is 2.34. The van der Waals surface area contributed by atoms with E-state index in [1.807, 2.05) is 12.3 Å². The lowest BCUT2D eigenvalue weighted by atomic mass is 9.88. The predicted octanol–water partition coefficient (Wildman–Crippen LogP) is 6.07. The standard InChI is InChI=1S/C41H49N9O4/c42-39(52)38-40(46-33(22-44-38)50-16-2-1-3-17-50)45-28-8-6-25(7-9-28)26-13-18-49(19-14-26)23-24-4-5-27(20-24)31-21-32-35(29-12-15-43-36(29)31)37(48-54-32)30-10-11-34(51)47-41(30)53/h6-9,12,15,21-22,24,26-27,30,39,48,52H,1-5,10-11,13-14,16-20,23,42H2,(H,45,46)(H,47,51,53)/t24-,27?,30?,39?/m1/s1. The Morgan fingerprint density at radius 3 is 2.56 bits per heavy atom. The van der Waals surface area contributed by atoms with Crippen molar-refractivity contribution in [2.45, 2.75) is 88.2 Å². The summed E-state index contributed by atoms with van der Waals surface area (Å²) in [5.41, 5.74) is 12.1. The number of imide groups is 1. The van der Waals surface area contributed by atoms with Gasteiger partial charge in [0.2, 0.25) is 11.8 Å². The van der Waals surface area contributed by atoms with Gasteiger partial charge in [0.1, 0.15) is 17.7 Å². The first kappa shape index (κ1) is 34.9. The van der Waals surface area contributed by atoms with E-state index in [0.29, 0.717) is 42.1 Å². The average molecular weight is 732 g/mol. The molecule has 1 aliphatic carbocycles. The summed E-state index contributed by atoms with van der Waals surface area (Å²) < 4.78 is 5.97. The van der Waals surface area contributed by atoms with Crippen LogP contribution in [0.15, 0.2) is 53.3 Å². The molecule has 3 aromatic heterocycles. The summed E-state index contributed by atoms with van der Waals surface area (Å²) in [5, 5.41) is 21.0. The zero-order chi connectivity index (χ0) is 36.8. The molecular weight excluding hydrogens is 683 g/mol. The molecular formula is C41H49N9O4. The summed E-state index contributed by atoms with van der Waals surface area (Å²) in [6, 6.07) is 12.8. The summed E-state index contributed by atoms with van der Waals surface area (Å²) in [6.45, 7) is 5.22. The lowest BCUT2D eigenvalue weighted by Crippen LogP contribution is -2.39. The zero-order valence-corrected chi connectivity index (χ0v) is 30.6. The number of amides is 2. The van der Waals surface area contributed by atoms with Crippen molar-refractivity contribution in [3.05, 3.63) is 71.3 Å². The molecule has 13 heteroatoms. The van der Waals surface area contributed by atoms with Crippen molar-refractivity contribution < 1.29 is 19.2 Å². The van der Waals surface area contributed by atoms with Crippen molar-refractivity contribution in [1.29, 1.82) is 0 Å². The van der Waals surface area contributed by atoms with Crippen LogP contribution in [0.4, 0.5) is 17.3 Å². The Morgan fingerprint density at radius 1 is 0.963 bits per heavy atom. The number of fused-ring (bicyclic) bond motifs is 3. The molecule has 3 saturated heterocycles. The lowest BCUT2D eigenvalue weighted by molar-refractivity contribution is -0.134. The van der Waals surface area contributed by atoms with Crippen molar-refractivity contribution in [3.8, 4) is 0 Å². The number of rotatable bonds is 9. The minimum Gasteiger partial charge on any atom is -0.382 e. The second-order valence-corrected chi connectivity index (χ2v) is 15.8. The number of carbonyl (C=O) groups is 2. The molecule has 3 unspecified atom stereocenters. The first-order valence-corrected chi connectivity index (χ1v) is 19.7. The number of aromatic nitrogens is 4. The van der Waals surface area contributed by atoms with Gasteiger partial charge in [-0.25, -0.2) is 15.1 Å². The molecule has 0 radical (unpaired) electrons. The van der Waals surface area contributed by atoms with Crippen molar-refractivity contribution in [3.63, 3.8) is 0 Å². The molecule has 54 heavy (non-hydrogen) atoms. The number of aromatic amines is 1. The van der Waals surface area contributed by atoms with Crippen molar-refractivity contribution >= 4 is 51.0 Å². The van der Waals surface area contributed by atoms with E-state index >= 15 is 0 Å². The van der Waals surface area contributed by atoms with Gasteiger partial charge in [-0.3, -0.25) is 19.9 Å². The normalized spacial score (nSPS) is 23.7. The van der Waals surface area contributed by atoms with Gasteiger partial charge in [-0.15, -0.1) is 0 Å². The van der Waals surface area contributed by atoms with Gasteiger partial charge in [-0.1, -0.05) is 12.1 Å². The number of nitrogens with one attached hydrogen (secondary N) is 3. The van der Waals surface area contributed by atoms with Gasteiger partial charge in [-0.05, 0) is 124 Å². The van der Waals surface area contributed by atoms with Gasteiger partial charge in [-0.2, -0.15) is 0 Å². The van der Waals surface area contributed by atoms with Crippen LogP contribution in [0.3, 0.4) is 0 Å². The van der Waals surface area contributed by atoms with Crippen LogP contribution in [0.2, 0.25) is 0 Å². The minimum atomic E-state index is -1.21. The molecule has 0 spiro atoms. The van der Waals surface area contributed by atoms with Crippen LogP contribution in [0.5, 0.6) is 0 Å². The molecule has 2 amide bonds. The predicted molar refractivity (Wildman–Crippen MR) is 206 cm³/mol. The first-order valence-electron chi connectivity index (χ1n) is 19.7. The van der Waals surface area contributed by atoms with E-state index in [-0.39, 0.29) is 11.8 Å². The van der Waals surface area contributed by atoms with E-state index in [9.17, 15) is 14.7 Å². The number of H-pyrrole nitrogens is 1. The van der Waals surface area contributed by atoms with Crippen LogP contribution in [0, 0.1) is 5.92 Å². The summed E-state index contributed by atoms with van der Waals surface area (Å²) >= 11 is 0. The van der Waals surface area contributed by atoms with Gasteiger partial charge in [0.05, 0.1) is 28.7 Å². The number of aliphatic hydroxyl groups excluding tert-OH is 1. The second kappa shape index (κ2) is 14.8. The summed E-state index contributed by atoms with van der Waals surface area (Å²) in [5.74, 6) is 1.92. The number of benzene rings is 2. The number of hydrogen-bond acceptors (Lipinski definition) is 11. The Labute approximate surface area is 314 Å². The van der Waals surface area contributed by atoms with Crippen LogP contribution in [-0.2, 0) is 9.59 Å². The molecule has 9 rings (SSSR count). The average Bonchev–Trinajstić information content (AvgIpc) is 3.96. The fourth-order valence-electron chi connectivity index (χ4n) is 9.51. The summed E-state index contributed by atoms with van der Waals surface area (Å²) in [7, 11) is 0. The van der Waals surface area contributed by atoms with Gasteiger partial charge in [0.15, 0.2) is 11.4 Å². The molecule has 282 valence electrons. The highest BCUT2D eigenvalue weighted by atomic mass is 16.5. The summed E-state index contributed by atoms with van der Waals surface area (Å²) in [4.78, 5) is 43.5. The Balaban J connectivity index is 0.809. The third-order valence-corrected chi connectivity index (χ3v) is 12.4. The highest BCUT2D eigenvalue weighted by molar-refractivity contribution is 6.10. The highest BCUT2D eigenvalue weighted by Crippen LogP contribution is 2.45. The van der Waals surface area contributed by atoms with E-state index in [4.69, 9.17) is 20.2 Å². The lowest BCUT2D eigenvalue weighted by Gasteiger charge is -2.34. The maximum absolute atomic E-state index is 12.7. The van der Waals surface area contributed by atoms with Crippen molar-refractivity contribution in [2.24, 2.45) is 11.7 Å². The fraction of sp³-hybridized carbons (Fsp3) is 0.488. The molecule has 0 bridgehead atoms. The van der Waals surface area contributed by atoms with E-state index in [2.05, 4.69) is 60.9 Å². The van der Waals surface area contributed by atoms with E-state index < -0.39 is 12.1 Å². The zero-order valence-electron chi connectivity index (χ0n) is 30.6. The van der Waals surface area contributed by atoms with Crippen LogP contribution < -0.4 is 21.3 Å². The number of piperidine rings is 3. The quantitative estimate of drug-likeness (QED) is 0.0879. The van der Waals surface area contributed by atoms with E-state index in [1.54, 1.807) is 6.20 Å². The topological polar surface area (TPSA) is 179 Å². The first-order chi connectivity index (χ1) is 26.4. The summed E-state index contributed by atoms with van der Waals surface area (Å²) in [6.07, 6.45) is 12.4. The number of nitrogens with two attached hydrogens (primary N) is 1. The van der Waals surface area contributed by atoms with Crippen LogP contribution in [-0.4, -0.2) is 74.7 Å². The Kier molecular flexibility index (Phi) is 9.54. The Bertz CT molecular complexity index is 2150. The monoisotopic (exact) mass is 731 g/mol. The largest absolute Gasteiger partial charge is 0.382 e. The van der Waals surface area contributed by atoms with Gasteiger partial charge < -0.3 is 30.5 Å². The van der Waals surface area contributed by atoms with Gasteiger partial charge >= 0.3 is 0 Å². The van der Waals surface area contributed by atoms with Crippen molar-refractivity contribution in [1.82, 2.24) is 30.3 Å². The number of anilines is 3. The second-order valence-electron chi connectivity index (χ2n) is 15.8. The third kappa shape index (κ3) is 6.84. The van der Waals surface area contributed by atoms with Crippen molar-refractivity contribution in [2.75, 3.05) is 42.9 Å². The smallest absolute Gasteiger partial charge is 0.235 e. The maximum atomic E-state index is 12.7. The molecule has 13 nitrogen and oxygen atoms in total. The number of likely N-dealkylation sites (tertiary alicyclic amines) is 1. The van der Waals surface area contributed by atoms with Crippen LogP contribution in [0.25, 0.3) is 21.9 Å². The SMILES string of the molecule is NC(O)c1ncc(N2CCCCC2)nc1Nc1ccc(C2CCN(C[C@@H]3CCC(c4cc5o[nH]c(C6CCC(=O)NC6=O)c5c5ccnc45)C3)CC2)cc1. The number of carbonyl (C=O) groups excluding carboxylic acids is 2. The Hall–Kier alpha value is -4.85. The molecule has 6 N–H and O–H groups in total. The van der Waals surface area contributed by atoms with E-state index in [1.165, 1.54) is 24.0 Å². The third-order valence-electron chi connectivity index (χ3n) is 12.4. The molecule has 1 saturated carbocycles. The fourth-order valence-corrected chi connectivity index (χ4v) is 9.51. The van der Waals surface area contributed by atoms with Crippen LogP contribution in [0.1, 0.15) is 111 Å². The maximum Gasteiger partial charge on any atom is 0.235 e. The molecule has 2 aromatic carbocycles. The van der Waals surface area contributed by atoms with Crippen LogP contribution >= 0.6 is 0 Å². The molecule has 4 fully saturated rings. The number of aliphatic hydroxyl groups is 1. The van der Waals surface area contributed by atoms with E-state index in [0.717, 1.165) is 110 Å². The van der Waals surface area contributed by atoms with Gasteiger partial charge in [0, 0.05) is 43.3 Å². The Morgan fingerprint density at radius 2 is 1.78 bits per heavy atom. The number of hydrogen-bond donors (Lipinski definition) is 5. The molecule has 3 aliphatic heterocycles. The molecule has 4 aliphatic rings. The molecule has 6 heterocycles. The minimum absolute atomic E-state index is 0.225.